The van der Waals surface area contributed by atoms with Crippen molar-refractivity contribution in [2.75, 3.05) is 13.1 Å². The molecule has 0 bridgehead atoms. The van der Waals surface area contributed by atoms with Gasteiger partial charge >= 0.3 is 0 Å². The molecule has 4 heteroatoms. The molecule has 24 heavy (non-hydrogen) atoms. The Morgan fingerprint density at radius 1 is 1.25 bits per heavy atom. The van der Waals surface area contributed by atoms with Crippen molar-refractivity contribution in [2.24, 2.45) is 5.92 Å². The van der Waals surface area contributed by atoms with E-state index in [1.165, 1.54) is 31.5 Å². The highest BCUT2D eigenvalue weighted by Gasteiger charge is 2.17. The van der Waals surface area contributed by atoms with Crippen molar-refractivity contribution in [2.45, 2.75) is 26.3 Å². The maximum absolute atomic E-state index is 5.93. The van der Waals surface area contributed by atoms with Gasteiger partial charge in [-0.3, -0.25) is 4.90 Å². The van der Waals surface area contributed by atoms with Crippen LogP contribution in [-0.2, 0) is 6.54 Å². The monoisotopic (exact) mass is 384 g/mol. The molecule has 1 saturated heterocycles. The Bertz CT molecular complexity index is 858. The molecule has 0 spiro atoms. The maximum Gasteiger partial charge on any atom is 0.227 e. The lowest BCUT2D eigenvalue weighted by Crippen LogP contribution is -2.33. The van der Waals surface area contributed by atoms with Gasteiger partial charge in [-0.1, -0.05) is 35.0 Å². The third-order valence-corrected chi connectivity index (χ3v) is 5.16. The summed E-state index contributed by atoms with van der Waals surface area (Å²) >= 11 is 3.50. The minimum atomic E-state index is 0.676. The van der Waals surface area contributed by atoms with Gasteiger partial charge in [0.1, 0.15) is 5.52 Å². The minimum absolute atomic E-state index is 0.676. The predicted molar refractivity (Wildman–Crippen MR) is 101 cm³/mol. The van der Waals surface area contributed by atoms with E-state index >= 15 is 0 Å². The average Bonchev–Trinajstić information content (AvgIpc) is 2.98. The molecule has 0 N–H and O–H groups in total. The molecule has 0 saturated carbocycles. The van der Waals surface area contributed by atoms with Crippen LogP contribution in [0, 0.1) is 5.92 Å². The summed E-state index contributed by atoms with van der Waals surface area (Å²) in [6.45, 7) is 5.74. The second-order valence-corrected chi connectivity index (χ2v) is 7.73. The van der Waals surface area contributed by atoms with Crippen molar-refractivity contribution in [1.82, 2.24) is 9.88 Å². The Kier molecular flexibility index (Phi) is 4.42. The summed E-state index contributed by atoms with van der Waals surface area (Å²) in [6, 6.07) is 14.4. The zero-order valence-electron chi connectivity index (χ0n) is 13.8. The number of rotatable bonds is 3. The predicted octanol–water partition coefficient (Wildman–Crippen LogP) is 5.49. The number of aromatic nitrogens is 1. The quantitative estimate of drug-likeness (QED) is 0.597. The Balaban J connectivity index is 1.59. The summed E-state index contributed by atoms with van der Waals surface area (Å²) in [5.74, 6) is 1.48. The number of halogens is 1. The largest absolute Gasteiger partial charge is 0.436 e. The van der Waals surface area contributed by atoms with E-state index in [9.17, 15) is 0 Å². The normalized spacial score (nSPS) is 19.0. The van der Waals surface area contributed by atoms with E-state index in [4.69, 9.17) is 4.42 Å². The van der Waals surface area contributed by atoms with Gasteiger partial charge in [0.15, 0.2) is 5.58 Å². The molecular weight excluding hydrogens is 364 g/mol. The third-order valence-electron chi connectivity index (χ3n) is 4.67. The molecule has 0 radical (unpaired) electrons. The van der Waals surface area contributed by atoms with E-state index in [0.717, 1.165) is 33.6 Å². The van der Waals surface area contributed by atoms with Crippen LogP contribution in [0.15, 0.2) is 51.4 Å². The average molecular weight is 385 g/mol. The molecule has 2 heterocycles. The Morgan fingerprint density at radius 3 is 3.00 bits per heavy atom. The minimum Gasteiger partial charge on any atom is -0.436 e. The van der Waals surface area contributed by atoms with Crippen LogP contribution in [0.3, 0.4) is 0 Å². The molecule has 1 aliphatic heterocycles. The van der Waals surface area contributed by atoms with Crippen LogP contribution in [0.2, 0.25) is 0 Å². The molecule has 0 amide bonds. The highest BCUT2D eigenvalue weighted by atomic mass is 79.9. The van der Waals surface area contributed by atoms with Gasteiger partial charge in [-0.05, 0) is 61.2 Å². The molecule has 1 fully saturated rings. The van der Waals surface area contributed by atoms with Gasteiger partial charge in [0, 0.05) is 23.1 Å². The number of likely N-dealkylation sites (tertiary alicyclic amines) is 1. The lowest BCUT2D eigenvalue weighted by Gasteiger charge is -2.30. The first-order valence-electron chi connectivity index (χ1n) is 8.55. The topological polar surface area (TPSA) is 29.3 Å². The number of nitrogens with zero attached hydrogens (tertiary/aromatic N) is 2. The number of hydrogen-bond acceptors (Lipinski definition) is 3. The lowest BCUT2D eigenvalue weighted by molar-refractivity contribution is 0.176. The zero-order valence-corrected chi connectivity index (χ0v) is 15.4. The highest BCUT2D eigenvalue weighted by Crippen LogP contribution is 2.27. The molecule has 124 valence electrons. The number of piperidine rings is 1. The second-order valence-electron chi connectivity index (χ2n) is 6.81. The van der Waals surface area contributed by atoms with Gasteiger partial charge in [-0.2, -0.15) is 0 Å². The van der Waals surface area contributed by atoms with Gasteiger partial charge in [0.05, 0.1) is 0 Å². The van der Waals surface area contributed by atoms with E-state index in [1.54, 1.807) is 0 Å². The molecule has 1 aromatic heterocycles. The van der Waals surface area contributed by atoms with E-state index in [0.29, 0.717) is 5.89 Å². The van der Waals surface area contributed by atoms with Crippen molar-refractivity contribution < 1.29 is 4.42 Å². The summed E-state index contributed by atoms with van der Waals surface area (Å²) in [5, 5.41) is 0. The first kappa shape index (κ1) is 15.9. The van der Waals surface area contributed by atoms with Crippen molar-refractivity contribution in [3.05, 3.63) is 52.5 Å². The van der Waals surface area contributed by atoms with E-state index in [-0.39, 0.29) is 0 Å². The lowest BCUT2D eigenvalue weighted by atomic mass is 10.00. The first-order valence-corrected chi connectivity index (χ1v) is 9.34. The van der Waals surface area contributed by atoms with Gasteiger partial charge in [-0.15, -0.1) is 0 Å². The molecule has 0 aliphatic carbocycles. The van der Waals surface area contributed by atoms with Gasteiger partial charge in [-0.25, -0.2) is 4.98 Å². The van der Waals surface area contributed by atoms with E-state index < -0.39 is 0 Å². The summed E-state index contributed by atoms with van der Waals surface area (Å²) in [6.07, 6.45) is 2.66. The Hall–Kier alpha value is -1.65. The number of oxazole rings is 1. The SMILES string of the molecule is C[C@H]1CCCN(Cc2ccc3oc(-c4cccc(Br)c4)nc3c2)C1. The van der Waals surface area contributed by atoms with Crippen LogP contribution in [0.4, 0.5) is 0 Å². The van der Waals surface area contributed by atoms with Crippen LogP contribution in [0.25, 0.3) is 22.6 Å². The molecule has 4 rings (SSSR count). The van der Waals surface area contributed by atoms with Gasteiger partial charge in [0.25, 0.3) is 0 Å². The van der Waals surface area contributed by atoms with E-state index in [1.807, 2.05) is 30.3 Å². The first-order chi connectivity index (χ1) is 11.7. The van der Waals surface area contributed by atoms with Crippen LogP contribution in [0.5, 0.6) is 0 Å². The Labute approximate surface area is 150 Å². The summed E-state index contributed by atoms with van der Waals surface area (Å²) < 4.78 is 6.96. The fourth-order valence-electron chi connectivity index (χ4n) is 3.50. The summed E-state index contributed by atoms with van der Waals surface area (Å²) in [4.78, 5) is 7.23. The van der Waals surface area contributed by atoms with Crippen molar-refractivity contribution in [3.8, 4) is 11.5 Å². The molecule has 0 unspecified atom stereocenters. The van der Waals surface area contributed by atoms with Gasteiger partial charge in [0.2, 0.25) is 5.89 Å². The summed E-state index contributed by atoms with van der Waals surface area (Å²) in [7, 11) is 0. The molecule has 1 aliphatic rings. The van der Waals surface area contributed by atoms with Crippen LogP contribution in [0.1, 0.15) is 25.3 Å². The van der Waals surface area contributed by atoms with Crippen LogP contribution >= 0.6 is 15.9 Å². The second kappa shape index (κ2) is 6.69. The van der Waals surface area contributed by atoms with Crippen LogP contribution < -0.4 is 0 Å². The van der Waals surface area contributed by atoms with Crippen molar-refractivity contribution >= 4 is 27.0 Å². The number of fused-ring (bicyclic) bond motifs is 1. The fraction of sp³-hybridized carbons (Fsp3) is 0.350. The van der Waals surface area contributed by atoms with Crippen LogP contribution in [-0.4, -0.2) is 23.0 Å². The molecule has 3 nitrogen and oxygen atoms in total. The Morgan fingerprint density at radius 2 is 2.17 bits per heavy atom. The molecule has 1 atom stereocenters. The molecule has 3 aromatic rings. The van der Waals surface area contributed by atoms with Gasteiger partial charge < -0.3 is 4.42 Å². The van der Waals surface area contributed by atoms with Crippen molar-refractivity contribution in [3.63, 3.8) is 0 Å². The zero-order chi connectivity index (χ0) is 16.5. The highest BCUT2D eigenvalue weighted by molar-refractivity contribution is 9.10. The number of hydrogen-bond donors (Lipinski definition) is 0. The number of benzene rings is 2. The maximum atomic E-state index is 5.93. The smallest absolute Gasteiger partial charge is 0.227 e. The fourth-order valence-corrected chi connectivity index (χ4v) is 3.90. The third kappa shape index (κ3) is 3.40. The van der Waals surface area contributed by atoms with Crippen molar-refractivity contribution in [1.29, 1.82) is 0 Å². The standard InChI is InChI=1S/C20H21BrN2O/c1-14-4-3-9-23(12-14)13-15-7-8-19-18(10-15)22-20(24-19)16-5-2-6-17(21)11-16/h2,5-8,10-11,14H,3-4,9,12-13H2,1H3/t14-/m0/s1. The summed E-state index contributed by atoms with van der Waals surface area (Å²) in [5.41, 5.74) is 4.09. The molecule has 2 aromatic carbocycles. The molecular formula is C20H21BrN2O. The van der Waals surface area contributed by atoms with E-state index in [2.05, 4.69) is 44.9 Å².